The zero-order chi connectivity index (χ0) is 29.3. The molecule has 11 heteroatoms. The minimum Gasteiger partial charge on any atom is -0.399 e. The molecular weight excluding hydrogens is 563 g/mol. The van der Waals surface area contributed by atoms with Gasteiger partial charge in [0.15, 0.2) is 5.82 Å². The highest BCUT2D eigenvalue weighted by Gasteiger charge is 2.30. The van der Waals surface area contributed by atoms with E-state index in [-0.39, 0.29) is 34.5 Å². The molecule has 8 nitrogen and oxygen atoms in total. The Hall–Kier alpha value is -3.76. The van der Waals surface area contributed by atoms with E-state index >= 15 is 4.39 Å². The standard InChI is InChI=1S/C30H32ClFN6O2S/c1-3-18-8-11-20(16(2)38(18)26-6-4-5-22(31)28(26)32)30(40)37-23-12-9-19(41)14-27(39)35-24-13-17(33)7-10-21(24)25-15-34-29(23)36-25/h4-8,10-11,13,15,18-19,23,41H,3,9,12,14,33H2,1-2H3,(H,34,36)(H,35,39)(H,37,40). The molecule has 3 aromatic rings. The molecule has 5 N–H and O–H groups in total. The highest BCUT2D eigenvalue weighted by atomic mass is 35.5. The van der Waals surface area contributed by atoms with Crippen molar-refractivity contribution in [2.24, 2.45) is 0 Å². The minimum absolute atomic E-state index is 0.0202. The van der Waals surface area contributed by atoms with Crippen molar-refractivity contribution in [1.82, 2.24) is 15.3 Å². The number of aromatic nitrogens is 2. The Morgan fingerprint density at radius 1 is 1.29 bits per heavy atom. The van der Waals surface area contributed by atoms with Crippen molar-refractivity contribution in [3.8, 4) is 11.3 Å². The summed E-state index contributed by atoms with van der Waals surface area (Å²) in [6.07, 6.45) is 7.31. The Kier molecular flexibility index (Phi) is 8.42. The van der Waals surface area contributed by atoms with Gasteiger partial charge in [0.05, 0.1) is 45.9 Å². The summed E-state index contributed by atoms with van der Waals surface area (Å²) in [6.45, 7) is 3.81. The fourth-order valence-electron chi connectivity index (χ4n) is 5.33. The molecule has 0 saturated heterocycles. The van der Waals surface area contributed by atoms with Gasteiger partial charge < -0.3 is 26.3 Å². The van der Waals surface area contributed by atoms with Crippen molar-refractivity contribution in [3.63, 3.8) is 0 Å². The number of imidazole rings is 1. The van der Waals surface area contributed by atoms with Gasteiger partial charge in [0.25, 0.3) is 5.91 Å². The second-order valence-electron chi connectivity index (χ2n) is 10.3. The number of hydrogen-bond donors (Lipinski definition) is 5. The van der Waals surface area contributed by atoms with Gasteiger partial charge in [0.1, 0.15) is 5.82 Å². The number of amides is 2. The molecule has 0 radical (unpaired) electrons. The van der Waals surface area contributed by atoms with Crippen molar-refractivity contribution >= 4 is 53.1 Å². The third-order valence-electron chi connectivity index (χ3n) is 7.47. The molecule has 0 spiro atoms. The van der Waals surface area contributed by atoms with E-state index in [1.807, 2.05) is 24.0 Å². The lowest BCUT2D eigenvalue weighted by Crippen LogP contribution is -2.39. The number of nitrogens with one attached hydrogen (secondary N) is 3. The van der Waals surface area contributed by atoms with Gasteiger partial charge >= 0.3 is 0 Å². The third-order valence-corrected chi connectivity index (χ3v) is 8.20. The Balaban J connectivity index is 1.48. The van der Waals surface area contributed by atoms with Crippen LogP contribution in [0.1, 0.15) is 51.4 Å². The zero-order valence-electron chi connectivity index (χ0n) is 22.7. The number of anilines is 3. The molecule has 2 aromatic carbocycles. The van der Waals surface area contributed by atoms with E-state index in [0.717, 1.165) is 5.56 Å². The maximum absolute atomic E-state index is 15.1. The molecule has 3 unspecified atom stereocenters. The van der Waals surface area contributed by atoms with E-state index in [2.05, 4.69) is 33.2 Å². The number of allylic oxidation sites excluding steroid dienone is 1. The fraction of sp³-hybridized carbons (Fsp3) is 0.300. The molecule has 3 atom stereocenters. The highest BCUT2D eigenvalue weighted by Crippen LogP contribution is 2.35. The number of nitrogens with zero attached hydrogens (tertiary/aromatic N) is 2. The normalized spacial score (nSPS) is 21.0. The Bertz CT molecular complexity index is 1550. The molecule has 0 aliphatic carbocycles. The van der Waals surface area contributed by atoms with Gasteiger partial charge in [-0.3, -0.25) is 9.59 Å². The van der Waals surface area contributed by atoms with Gasteiger partial charge in [-0.25, -0.2) is 9.37 Å². The van der Waals surface area contributed by atoms with Gasteiger partial charge in [0.2, 0.25) is 5.91 Å². The van der Waals surface area contributed by atoms with E-state index in [4.69, 9.17) is 17.3 Å². The molecule has 3 heterocycles. The summed E-state index contributed by atoms with van der Waals surface area (Å²) in [5.41, 5.74) is 9.82. The van der Waals surface area contributed by atoms with Crippen LogP contribution in [0.2, 0.25) is 5.02 Å². The second-order valence-corrected chi connectivity index (χ2v) is 11.4. The molecule has 2 bridgehead atoms. The smallest absolute Gasteiger partial charge is 0.253 e. The summed E-state index contributed by atoms with van der Waals surface area (Å²) >= 11 is 10.7. The van der Waals surface area contributed by atoms with Crippen molar-refractivity contribution in [2.75, 3.05) is 16.0 Å². The predicted octanol–water partition coefficient (Wildman–Crippen LogP) is 6.16. The van der Waals surface area contributed by atoms with Crippen LogP contribution in [0.25, 0.3) is 11.3 Å². The van der Waals surface area contributed by atoms with Gasteiger partial charge in [-0.05, 0) is 62.6 Å². The molecule has 0 fully saturated rings. The van der Waals surface area contributed by atoms with E-state index in [0.29, 0.717) is 59.1 Å². The lowest BCUT2D eigenvalue weighted by molar-refractivity contribution is -0.118. The number of nitrogen functional groups attached to an aromatic ring is 1. The number of hydrogen-bond acceptors (Lipinski definition) is 6. The second kappa shape index (κ2) is 12.0. The van der Waals surface area contributed by atoms with Gasteiger partial charge in [-0.1, -0.05) is 30.7 Å². The topological polar surface area (TPSA) is 116 Å². The van der Waals surface area contributed by atoms with E-state index in [1.165, 1.54) is 6.07 Å². The third kappa shape index (κ3) is 5.99. The first-order valence-electron chi connectivity index (χ1n) is 13.5. The molecule has 0 saturated carbocycles. The van der Waals surface area contributed by atoms with Crippen molar-refractivity contribution in [2.45, 2.75) is 56.9 Å². The van der Waals surface area contributed by atoms with Crippen LogP contribution in [-0.4, -0.2) is 33.1 Å². The summed E-state index contributed by atoms with van der Waals surface area (Å²) in [4.78, 5) is 36.2. The van der Waals surface area contributed by atoms with Gasteiger partial charge in [-0.15, -0.1) is 0 Å². The van der Waals surface area contributed by atoms with Crippen LogP contribution >= 0.6 is 24.2 Å². The van der Waals surface area contributed by atoms with E-state index in [9.17, 15) is 9.59 Å². The van der Waals surface area contributed by atoms with Gasteiger partial charge in [0, 0.05) is 28.6 Å². The van der Waals surface area contributed by atoms with Crippen molar-refractivity contribution < 1.29 is 14.0 Å². The number of thiol groups is 1. The van der Waals surface area contributed by atoms with Crippen LogP contribution < -0.4 is 21.3 Å². The Labute approximate surface area is 248 Å². The summed E-state index contributed by atoms with van der Waals surface area (Å²) in [5.74, 6) is -0.455. The number of fused-ring (bicyclic) bond motifs is 4. The zero-order valence-corrected chi connectivity index (χ0v) is 24.4. The first kappa shape index (κ1) is 28.8. The highest BCUT2D eigenvalue weighted by molar-refractivity contribution is 7.81. The maximum Gasteiger partial charge on any atom is 0.253 e. The molecule has 2 amide bonds. The van der Waals surface area contributed by atoms with Crippen LogP contribution in [0.3, 0.4) is 0 Å². The quantitative estimate of drug-likeness (QED) is 0.183. The lowest BCUT2D eigenvalue weighted by atomic mass is 9.99. The molecule has 1 aromatic heterocycles. The van der Waals surface area contributed by atoms with Crippen molar-refractivity contribution in [1.29, 1.82) is 0 Å². The maximum atomic E-state index is 15.1. The molecular formula is C30H32ClFN6O2S. The fourth-order valence-corrected chi connectivity index (χ4v) is 5.81. The number of halogens is 2. The largest absolute Gasteiger partial charge is 0.399 e. The summed E-state index contributed by atoms with van der Waals surface area (Å²) < 4.78 is 15.1. The monoisotopic (exact) mass is 594 g/mol. The molecule has 5 rings (SSSR count). The van der Waals surface area contributed by atoms with Crippen LogP contribution in [0.5, 0.6) is 0 Å². The number of benzene rings is 2. The first-order valence-corrected chi connectivity index (χ1v) is 14.4. The Morgan fingerprint density at radius 3 is 2.88 bits per heavy atom. The molecule has 2 aliphatic heterocycles. The average Bonchev–Trinajstić information content (AvgIpc) is 3.42. The first-order chi connectivity index (χ1) is 19.7. The van der Waals surface area contributed by atoms with Crippen LogP contribution in [0.4, 0.5) is 21.5 Å². The predicted molar refractivity (Wildman–Crippen MR) is 164 cm³/mol. The lowest BCUT2D eigenvalue weighted by Gasteiger charge is -2.36. The molecule has 214 valence electrons. The minimum atomic E-state index is -0.532. The number of carbonyl (C=O) groups is 2. The summed E-state index contributed by atoms with van der Waals surface area (Å²) in [5, 5.41) is 5.83. The Morgan fingerprint density at radius 2 is 2.10 bits per heavy atom. The summed E-state index contributed by atoms with van der Waals surface area (Å²) in [7, 11) is 0. The van der Waals surface area contributed by atoms with E-state index in [1.54, 1.807) is 43.5 Å². The van der Waals surface area contributed by atoms with E-state index < -0.39 is 11.9 Å². The number of nitrogens with two attached hydrogens (primary N) is 1. The number of aromatic amines is 1. The summed E-state index contributed by atoms with van der Waals surface area (Å²) in [6, 6.07) is 9.50. The number of H-pyrrole nitrogens is 1. The van der Waals surface area contributed by atoms with Crippen LogP contribution in [0.15, 0.2) is 66.0 Å². The number of carbonyl (C=O) groups excluding carboxylic acids is 2. The van der Waals surface area contributed by atoms with Crippen molar-refractivity contribution in [3.05, 3.63) is 82.7 Å². The SMILES string of the molecule is CCC1C=CC(C(=O)NC2CCC(S)CC(=O)Nc3cc(N)ccc3-c3cnc2[nH]3)=C(C)N1c1cccc(Cl)c1F. The van der Waals surface area contributed by atoms with Crippen LogP contribution in [0, 0.1) is 5.82 Å². The molecule has 41 heavy (non-hydrogen) atoms. The average molecular weight is 595 g/mol. The molecule has 2 aliphatic rings. The number of rotatable bonds is 4. The van der Waals surface area contributed by atoms with Crippen LogP contribution in [-0.2, 0) is 9.59 Å². The van der Waals surface area contributed by atoms with Gasteiger partial charge in [-0.2, -0.15) is 12.6 Å².